The van der Waals surface area contributed by atoms with Gasteiger partial charge in [-0.05, 0) is 24.1 Å². The molecule has 3 nitrogen and oxygen atoms in total. The SMILES string of the molecule is Cc1ccccc1CNc1cc(C(F)(F)F)ncc1N. The second kappa shape index (κ2) is 5.40. The highest BCUT2D eigenvalue weighted by Crippen LogP contribution is 2.31. The van der Waals surface area contributed by atoms with Crippen molar-refractivity contribution in [3.63, 3.8) is 0 Å². The third-order valence-corrected chi connectivity index (χ3v) is 2.96. The van der Waals surface area contributed by atoms with Gasteiger partial charge < -0.3 is 11.1 Å². The van der Waals surface area contributed by atoms with Gasteiger partial charge in [0.2, 0.25) is 0 Å². The van der Waals surface area contributed by atoms with Gasteiger partial charge in [0.25, 0.3) is 0 Å². The number of alkyl halides is 3. The Kier molecular flexibility index (Phi) is 3.83. The van der Waals surface area contributed by atoms with Gasteiger partial charge in [-0.3, -0.25) is 0 Å². The normalized spacial score (nSPS) is 11.4. The highest BCUT2D eigenvalue weighted by atomic mass is 19.4. The molecule has 0 aliphatic carbocycles. The van der Waals surface area contributed by atoms with E-state index in [1.54, 1.807) is 0 Å². The lowest BCUT2D eigenvalue weighted by molar-refractivity contribution is -0.141. The summed E-state index contributed by atoms with van der Waals surface area (Å²) in [5, 5.41) is 2.92. The number of anilines is 2. The van der Waals surface area contributed by atoms with Crippen molar-refractivity contribution >= 4 is 11.4 Å². The topological polar surface area (TPSA) is 50.9 Å². The number of rotatable bonds is 3. The van der Waals surface area contributed by atoms with E-state index in [2.05, 4.69) is 10.3 Å². The lowest BCUT2D eigenvalue weighted by atomic mass is 10.1. The van der Waals surface area contributed by atoms with Crippen LogP contribution in [0.5, 0.6) is 0 Å². The number of aromatic nitrogens is 1. The Balaban J connectivity index is 2.19. The molecule has 3 N–H and O–H groups in total. The molecule has 2 aromatic rings. The number of benzene rings is 1. The molecule has 0 spiro atoms. The van der Waals surface area contributed by atoms with E-state index in [9.17, 15) is 13.2 Å². The Morgan fingerprint density at radius 2 is 1.95 bits per heavy atom. The van der Waals surface area contributed by atoms with E-state index >= 15 is 0 Å². The number of hydrogen-bond donors (Lipinski definition) is 2. The van der Waals surface area contributed by atoms with Crippen LogP contribution in [0.2, 0.25) is 0 Å². The quantitative estimate of drug-likeness (QED) is 0.903. The minimum atomic E-state index is -4.48. The number of nitrogens with one attached hydrogen (secondary N) is 1. The smallest absolute Gasteiger partial charge is 0.396 e. The molecule has 1 aromatic carbocycles. The maximum Gasteiger partial charge on any atom is 0.433 e. The first kappa shape index (κ1) is 14.2. The maximum absolute atomic E-state index is 12.6. The second-order valence-corrected chi connectivity index (χ2v) is 4.43. The van der Waals surface area contributed by atoms with Gasteiger partial charge in [0, 0.05) is 6.54 Å². The Morgan fingerprint density at radius 3 is 2.60 bits per heavy atom. The van der Waals surface area contributed by atoms with E-state index in [1.165, 1.54) is 0 Å². The van der Waals surface area contributed by atoms with Gasteiger partial charge in [-0.1, -0.05) is 24.3 Å². The van der Waals surface area contributed by atoms with E-state index < -0.39 is 11.9 Å². The molecule has 6 heteroatoms. The van der Waals surface area contributed by atoms with Crippen LogP contribution in [0.4, 0.5) is 24.5 Å². The van der Waals surface area contributed by atoms with Crippen LogP contribution in [-0.2, 0) is 12.7 Å². The molecular weight excluding hydrogens is 267 g/mol. The minimum Gasteiger partial charge on any atom is -0.396 e. The first-order valence-electron chi connectivity index (χ1n) is 5.99. The summed E-state index contributed by atoms with van der Waals surface area (Å²) in [6, 6.07) is 8.55. The standard InChI is InChI=1S/C14H14F3N3/c1-9-4-2-3-5-10(9)7-19-12-6-13(14(15,16)17)20-8-11(12)18/h2-6,8H,7,18H2,1H3,(H,19,20). The van der Waals surface area contributed by atoms with E-state index in [-0.39, 0.29) is 11.4 Å². The summed E-state index contributed by atoms with van der Waals surface area (Å²) >= 11 is 0. The Morgan fingerprint density at radius 1 is 1.25 bits per heavy atom. The monoisotopic (exact) mass is 281 g/mol. The zero-order valence-corrected chi connectivity index (χ0v) is 10.8. The fourth-order valence-electron chi connectivity index (χ4n) is 1.77. The van der Waals surface area contributed by atoms with Crippen molar-refractivity contribution in [1.82, 2.24) is 4.98 Å². The van der Waals surface area contributed by atoms with Crippen LogP contribution in [0.1, 0.15) is 16.8 Å². The first-order chi connectivity index (χ1) is 9.38. The zero-order chi connectivity index (χ0) is 14.8. The van der Waals surface area contributed by atoms with Crippen molar-refractivity contribution < 1.29 is 13.2 Å². The molecule has 0 fully saturated rings. The van der Waals surface area contributed by atoms with Crippen LogP contribution in [0.3, 0.4) is 0 Å². The molecule has 20 heavy (non-hydrogen) atoms. The molecule has 1 aromatic heterocycles. The summed E-state index contributed by atoms with van der Waals surface area (Å²) < 4.78 is 37.8. The van der Waals surface area contributed by atoms with Crippen LogP contribution < -0.4 is 11.1 Å². The average molecular weight is 281 g/mol. The zero-order valence-electron chi connectivity index (χ0n) is 10.8. The summed E-state index contributed by atoms with van der Waals surface area (Å²) in [6.07, 6.45) is -3.46. The predicted octanol–water partition coefficient (Wildman–Crippen LogP) is 3.60. The number of aryl methyl sites for hydroxylation is 1. The molecule has 0 atom stereocenters. The van der Waals surface area contributed by atoms with Crippen LogP contribution in [0.25, 0.3) is 0 Å². The number of hydrogen-bond acceptors (Lipinski definition) is 3. The fourth-order valence-corrected chi connectivity index (χ4v) is 1.77. The Bertz CT molecular complexity index is 609. The number of nitrogen functional groups attached to an aromatic ring is 1. The van der Waals surface area contributed by atoms with Gasteiger partial charge in [-0.15, -0.1) is 0 Å². The van der Waals surface area contributed by atoms with Crippen molar-refractivity contribution in [2.24, 2.45) is 0 Å². The van der Waals surface area contributed by atoms with E-state index in [0.29, 0.717) is 6.54 Å². The van der Waals surface area contributed by atoms with Gasteiger partial charge in [-0.2, -0.15) is 13.2 Å². The largest absolute Gasteiger partial charge is 0.433 e. The van der Waals surface area contributed by atoms with Crippen molar-refractivity contribution in [2.45, 2.75) is 19.6 Å². The van der Waals surface area contributed by atoms with E-state index in [0.717, 1.165) is 23.4 Å². The van der Waals surface area contributed by atoms with Crippen molar-refractivity contribution in [3.05, 3.63) is 53.3 Å². The van der Waals surface area contributed by atoms with Gasteiger partial charge in [0.05, 0.1) is 17.6 Å². The molecule has 0 radical (unpaired) electrons. The van der Waals surface area contributed by atoms with Crippen LogP contribution in [0.15, 0.2) is 36.5 Å². The molecular formula is C14H14F3N3. The number of pyridine rings is 1. The third-order valence-electron chi connectivity index (χ3n) is 2.96. The highest BCUT2D eigenvalue weighted by Gasteiger charge is 2.32. The molecule has 106 valence electrons. The van der Waals surface area contributed by atoms with Gasteiger partial charge in [-0.25, -0.2) is 4.98 Å². The molecule has 1 heterocycles. The van der Waals surface area contributed by atoms with Crippen molar-refractivity contribution in [1.29, 1.82) is 0 Å². The lowest BCUT2D eigenvalue weighted by Crippen LogP contribution is -2.11. The van der Waals surface area contributed by atoms with Crippen molar-refractivity contribution in [2.75, 3.05) is 11.1 Å². The Labute approximate surface area is 114 Å². The molecule has 0 saturated carbocycles. The van der Waals surface area contributed by atoms with E-state index in [4.69, 9.17) is 5.73 Å². The lowest BCUT2D eigenvalue weighted by Gasteiger charge is -2.13. The summed E-state index contributed by atoms with van der Waals surface area (Å²) in [4.78, 5) is 3.29. The predicted molar refractivity (Wildman–Crippen MR) is 72.2 cm³/mol. The molecule has 0 aliphatic rings. The molecule has 0 unspecified atom stereocenters. The fraction of sp³-hybridized carbons (Fsp3) is 0.214. The van der Waals surface area contributed by atoms with Gasteiger partial charge in [0.15, 0.2) is 0 Å². The number of nitrogens with zero attached hydrogens (tertiary/aromatic N) is 1. The van der Waals surface area contributed by atoms with Crippen LogP contribution in [0, 0.1) is 6.92 Å². The molecule has 0 aliphatic heterocycles. The molecule has 0 amide bonds. The highest BCUT2D eigenvalue weighted by molar-refractivity contribution is 5.65. The van der Waals surface area contributed by atoms with Crippen LogP contribution >= 0.6 is 0 Å². The number of nitrogens with two attached hydrogens (primary N) is 1. The minimum absolute atomic E-state index is 0.187. The first-order valence-corrected chi connectivity index (χ1v) is 5.99. The maximum atomic E-state index is 12.6. The second-order valence-electron chi connectivity index (χ2n) is 4.43. The van der Waals surface area contributed by atoms with Crippen molar-refractivity contribution in [3.8, 4) is 0 Å². The van der Waals surface area contributed by atoms with Gasteiger partial charge in [0.1, 0.15) is 5.69 Å². The average Bonchev–Trinajstić information content (AvgIpc) is 2.38. The van der Waals surface area contributed by atoms with Gasteiger partial charge >= 0.3 is 6.18 Å². The van der Waals surface area contributed by atoms with Crippen LogP contribution in [-0.4, -0.2) is 4.98 Å². The summed E-state index contributed by atoms with van der Waals surface area (Å²) in [6.45, 7) is 2.34. The third kappa shape index (κ3) is 3.20. The Hall–Kier alpha value is -2.24. The summed E-state index contributed by atoms with van der Waals surface area (Å²) in [5.41, 5.74) is 7.16. The molecule has 0 saturated heterocycles. The summed E-state index contributed by atoms with van der Waals surface area (Å²) in [5.74, 6) is 0. The van der Waals surface area contributed by atoms with E-state index in [1.807, 2.05) is 31.2 Å². The molecule has 2 rings (SSSR count). The number of halogens is 3. The summed E-state index contributed by atoms with van der Waals surface area (Å²) in [7, 11) is 0. The molecule has 0 bridgehead atoms.